The molecule has 7 heteroatoms. The number of nitrogens with one attached hydrogen (secondary N) is 2. The standard InChI is InChI=1S/C16H15FN2O3S/c17-11-5-7-12(8-6-11)18-15(21)9-23-10-16(22)19-13-3-1-2-4-14(13)20/h1-8,20H,9-10H2,(H,18,21)(H,19,22). The van der Waals surface area contributed by atoms with Gasteiger partial charge in [0.1, 0.15) is 11.6 Å². The Hall–Kier alpha value is -2.54. The number of para-hydroxylation sites is 2. The summed E-state index contributed by atoms with van der Waals surface area (Å²) in [6.45, 7) is 0. The predicted octanol–water partition coefficient (Wildman–Crippen LogP) is 2.84. The molecule has 23 heavy (non-hydrogen) atoms. The molecule has 0 bridgehead atoms. The van der Waals surface area contributed by atoms with E-state index < -0.39 is 0 Å². The number of halogens is 1. The molecule has 0 radical (unpaired) electrons. The second-order valence-corrected chi connectivity index (χ2v) is 5.60. The van der Waals surface area contributed by atoms with Gasteiger partial charge in [-0.05, 0) is 36.4 Å². The van der Waals surface area contributed by atoms with E-state index in [0.717, 1.165) is 11.8 Å². The van der Waals surface area contributed by atoms with Gasteiger partial charge < -0.3 is 15.7 Å². The minimum Gasteiger partial charge on any atom is -0.506 e. The maximum absolute atomic E-state index is 12.7. The number of carbonyl (C=O) groups is 2. The average Bonchev–Trinajstić information content (AvgIpc) is 2.52. The average molecular weight is 334 g/mol. The van der Waals surface area contributed by atoms with E-state index in [9.17, 15) is 19.1 Å². The molecule has 0 heterocycles. The Balaban J connectivity index is 1.72. The lowest BCUT2D eigenvalue weighted by Crippen LogP contribution is -2.18. The topological polar surface area (TPSA) is 78.4 Å². The molecule has 0 atom stereocenters. The van der Waals surface area contributed by atoms with Crippen LogP contribution in [0, 0.1) is 5.82 Å². The summed E-state index contributed by atoms with van der Waals surface area (Å²) in [5, 5.41) is 14.7. The van der Waals surface area contributed by atoms with Crippen LogP contribution in [0.2, 0.25) is 0 Å². The second kappa shape index (κ2) is 8.19. The van der Waals surface area contributed by atoms with Crippen LogP contribution in [0.25, 0.3) is 0 Å². The second-order valence-electron chi connectivity index (χ2n) is 4.61. The van der Waals surface area contributed by atoms with Crippen molar-refractivity contribution < 1.29 is 19.1 Å². The Kier molecular flexibility index (Phi) is 5.99. The number of hydrogen-bond acceptors (Lipinski definition) is 4. The molecule has 2 amide bonds. The lowest BCUT2D eigenvalue weighted by atomic mass is 10.3. The van der Waals surface area contributed by atoms with Crippen LogP contribution in [-0.2, 0) is 9.59 Å². The fraction of sp³-hybridized carbons (Fsp3) is 0.125. The molecule has 0 saturated heterocycles. The number of carbonyl (C=O) groups excluding carboxylic acids is 2. The van der Waals surface area contributed by atoms with Gasteiger partial charge in [0.05, 0.1) is 17.2 Å². The first-order valence-corrected chi connectivity index (χ1v) is 7.91. The van der Waals surface area contributed by atoms with Gasteiger partial charge in [-0.15, -0.1) is 11.8 Å². The highest BCUT2D eigenvalue weighted by Crippen LogP contribution is 2.21. The van der Waals surface area contributed by atoms with Crippen LogP contribution in [0.5, 0.6) is 5.75 Å². The first-order chi connectivity index (χ1) is 11.0. The number of phenols is 1. The van der Waals surface area contributed by atoms with E-state index in [1.165, 1.54) is 30.3 Å². The largest absolute Gasteiger partial charge is 0.506 e. The number of benzene rings is 2. The summed E-state index contributed by atoms with van der Waals surface area (Å²) in [4.78, 5) is 23.4. The van der Waals surface area contributed by atoms with Crippen LogP contribution in [0.1, 0.15) is 0 Å². The molecule has 0 spiro atoms. The molecular weight excluding hydrogens is 319 g/mol. The van der Waals surface area contributed by atoms with Crippen LogP contribution >= 0.6 is 11.8 Å². The Bertz CT molecular complexity index is 692. The minimum atomic E-state index is -0.377. The summed E-state index contributed by atoms with van der Waals surface area (Å²) in [5.41, 5.74) is 0.824. The fourth-order valence-electron chi connectivity index (χ4n) is 1.73. The number of hydrogen-bond donors (Lipinski definition) is 3. The van der Waals surface area contributed by atoms with Gasteiger partial charge in [-0.1, -0.05) is 12.1 Å². The molecule has 0 aromatic heterocycles. The van der Waals surface area contributed by atoms with Crippen molar-refractivity contribution in [3.63, 3.8) is 0 Å². The first kappa shape index (κ1) is 16.8. The van der Waals surface area contributed by atoms with Crippen molar-refractivity contribution >= 4 is 35.0 Å². The monoisotopic (exact) mass is 334 g/mol. The fourth-order valence-corrected chi connectivity index (χ4v) is 2.35. The molecule has 5 nitrogen and oxygen atoms in total. The van der Waals surface area contributed by atoms with Gasteiger partial charge in [0.2, 0.25) is 11.8 Å². The molecule has 0 aliphatic rings. The van der Waals surface area contributed by atoms with Crippen molar-refractivity contribution in [3.8, 4) is 5.75 Å². The number of thioether (sulfide) groups is 1. The van der Waals surface area contributed by atoms with Gasteiger partial charge in [-0.3, -0.25) is 9.59 Å². The SMILES string of the molecule is O=C(CSCC(=O)Nc1ccccc1O)Nc1ccc(F)cc1. The number of aromatic hydroxyl groups is 1. The lowest BCUT2D eigenvalue weighted by Gasteiger charge is -2.07. The van der Waals surface area contributed by atoms with E-state index in [-0.39, 0.29) is 34.9 Å². The molecular formula is C16H15FN2O3S. The van der Waals surface area contributed by atoms with Crippen molar-refractivity contribution in [2.45, 2.75) is 0 Å². The van der Waals surface area contributed by atoms with E-state index in [2.05, 4.69) is 10.6 Å². The van der Waals surface area contributed by atoms with Crippen LogP contribution in [0.4, 0.5) is 15.8 Å². The number of anilines is 2. The molecule has 0 aliphatic carbocycles. The predicted molar refractivity (Wildman–Crippen MR) is 89.1 cm³/mol. The highest BCUT2D eigenvalue weighted by Gasteiger charge is 2.08. The normalized spacial score (nSPS) is 10.1. The van der Waals surface area contributed by atoms with Crippen molar-refractivity contribution in [3.05, 3.63) is 54.3 Å². The highest BCUT2D eigenvalue weighted by atomic mass is 32.2. The highest BCUT2D eigenvalue weighted by molar-refractivity contribution is 8.00. The quantitative estimate of drug-likeness (QED) is 0.710. The Labute approximate surface area is 136 Å². The number of amides is 2. The maximum Gasteiger partial charge on any atom is 0.234 e. The van der Waals surface area contributed by atoms with Crippen LogP contribution in [0.3, 0.4) is 0 Å². The Morgan fingerprint density at radius 1 is 0.957 bits per heavy atom. The summed E-state index contributed by atoms with van der Waals surface area (Å²) in [7, 11) is 0. The summed E-state index contributed by atoms with van der Waals surface area (Å²) < 4.78 is 12.7. The van der Waals surface area contributed by atoms with Gasteiger partial charge in [0.15, 0.2) is 0 Å². The molecule has 0 fully saturated rings. The summed E-state index contributed by atoms with van der Waals surface area (Å²) in [6, 6.07) is 11.8. The molecule has 0 aliphatic heterocycles. The van der Waals surface area contributed by atoms with Gasteiger partial charge in [0, 0.05) is 5.69 Å². The third kappa shape index (κ3) is 5.63. The van der Waals surface area contributed by atoms with Crippen molar-refractivity contribution in [1.82, 2.24) is 0 Å². The van der Waals surface area contributed by atoms with E-state index >= 15 is 0 Å². The van der Waals surface area contributed by atoms with Crippen molar-refractivity contribution in [2.75, 3.05) is 22.1 Å². The third-order valence-corrected chi connectivity index (χ3v) is 3.71. The van der Waals surface area contributed by atoms with Crippen molar-refractivity contribution in [1.29, 1.82) is 0 Å². The van der Waals surface area contributed by atoms with Crippen LogP contribution in [0.15, 0.2) is 48.5 Å². The summed E-state index contributed by atoms with van der Waals surface area (Å²) in [5.74, 6) is -0.822. The Morgan fingerprint density at radius 2 is 1.57 bits per heavy atom. The third-order valence-electron chi connectivity index (χ3n) is 2.77. The van der Waals surface area contributed by atoms with Crippen molar-refractivity contribution in [2.24, 2.45) is 0 Å². The number of rotatable bonds is 6. The zero-order chi connectivity index (χ0) is 16.7. The van der Waals surface area contributed by atoms with E-state index in [1.54, 1.807) is 18.2 Å². The Morgan fingerprint density at radius 3 is 2.22 bits per heavy atom. The van der Waals surface area contributed by atoms with Gasteiger partial charge in [-0.2, -0.15) is 0 Å². The molecule has 0 unspecified atom stereocenters. The molecule has 2 aromatic rings. The smallest absolute Gasteiger partial charge is 0.234 e. The molecule has 120 valence electrons. The lowest BCUT2D eigenvalue weighted by molar-refractivity contribution is -0.114. The van der Waals surface area contributed by atoms with E-state index in [0.29, 0.717) is 11.4 Å². The molecule has 2 aromatic carbocycles. The maximum atomic E-state index is 12.7. The molecule has 0 saturated carbocycles. The van der Waals surface area contributed by atoms with E-state index in [4.69, 9.17) is 0 Å². The zero-order valence-electron chi connectivity index (χ0n) is 12.1. The van der Waals surface area contributed by atoms with Gasteiger partial charge >= 0.3 is 0 Å². The van der Waals surface area contributed by atoms with Gasteiger partial charge in [-0.25, -0.2) is 4.39 Å². The first-order valence-electron chi connectivity index (χ1n) is 6.75. The summed E-state index contributed by atoms with van der Waals surface area (Å²) in [6.07, 6.45) is 0. The zero-order valence-corrected chi connectivity index (χ0v) is 12.9. The number of phenolic OH excluding ortho intramolecular Hbond substituents is 1. The van der Waals surface area contributed by atoms with Crippen LogP contribution in [-0.4, -0.2) is 28.4 Å². The summed E-state index contributed by atoms with van der Waals surface area (Å²) >= 11 is 1.14. The molecule has 3 N–H and O–H groups in total. The minimum absolute atomic E-state index is 0.0140. The van der Waals surface area contributed by atoms with Crippen LogP contribution < -0.4 is 10.6 Å². The molecule has 2 rings (SSSR count). The van der Waals surface area contributed by atoms with E-state index in [1.807, 2.05) is 0 Å². The van der Waals surface area contributed by atoms with Gasteiger partial charge in [0.25, 0.3) is 0 Å².